The van der Waals surface area contributed by atoms with Gasteiger partial charge in [-0.15, -0.1) is 13.2 Å². The Morgan fingerprint density at radius 1 is 1.29 bits per heavy atom. The normalized spacial score (nSPS) is 11.6. The van der Waals surface area contributed by atoms with Crippen molar-refractivity contribution in [3.8, 4) is 5.75 Å². The molecule has 1 nitrogen and oxygen atoms in total. The van der Waals surface area contributed by atoms with Crippen molar-refractivity contribution in [2.24, 2.45) is 0 Å². The van der Waals surface area contributed by atoms with E-state index in [1.807, 2.05) is 0 Å². The monoisotopic (exact) mass is 384 g/mol. The van der Waals surface area contributed by atoms with E-state index in [1.165, 1.54) is 6.07 Å². The van der Waals surface area contributed by atoms with E-state index in [4.69, 9.17) is 0 Å². The van der Waals surface area contributed by atoms with Gasteiger partial charge in [0.2, 0.25) is 0 Å². The van der Waals surface area contributed by atoms with E-state index < -0.39 is 17.9 Å². The van der Waals surface area contributed by atoms with Crippen LogP contribution in [0.3, 0.4) is 0 Å². The SMILES string of the molecule is Fc1cc(Br)cc(I)c1OC(F)(F)F. The summed E-state index contributed by atoms with van der Waals surface area (Å²) in [6.07, 6.45) is -4.88. The molecule has 0 atom stereocenters. The highest BCUT2D eigenvalue weighted by Gasteiger charge is 2.33. The van der Waals surface area contributed by atoms with Crippen LogP contribution in [0.15, 0.2) is 16.6 Å². The van der Waals surface area contributed by atoms with E-state index in [1.54, 1.807) is 22.6 Å². The molecule has 14 heavy (non-hydrogen) atoms. The van der Waals surface area contributed by atoms with Crippen LogP contribution in [0.4, 0.5) is 17.6 Å². The Kier molecular flexibility index (Phi) is 3.62. The fourth-order valence-corrected chi connectivity index (χ4v) is 2.30. The summed E-state index contributed by atoms with van der Waals surface area (Å²) in [5.41, 5.74) is 0. The van der Waals surface area contributed by atoms with Crippen molar-refractivity contribution < 1.29 is 22.3 Å². The summed E-state index contributed by atoms with van der Waals surface area (Å²) in [7, 11) is 0. The Hall–Kier alpha value is -0.0500. The van der Waals surface area contributed by atoms with Gasteiger partial charge >= 0.3 is 6.36 Å². The number of ether oxygens (including phenoxy) is 1. The molecule has 0 N–H and O–H groups in total. The van der Waals surface area contributed by atoms with Gasteiger partial charge in [-0.3, -0.25) is 0 Å². The second-order valence-corrected chi connectivity index (χ2v) is 4.32. The molecule has 0 bridgehead atoms. The Balaban J connectivity index is 3.09. The van der Waals surface area contributed by atoms with Crippen molar-refractivity contribution in [1.82, 2.24) is 0 Å². The fourth-order valence-electron chi connectivity index (χ4n) is 0.742. The van der Waals surface area contributed by atoms with Crippen LogP contribution in [0.2, 0.25) is 0 Å². The van der Waals surface area contributed by atoms with Gasteiger partial charge in [0.15, 0.2) is 11.6 Å². The number of benzene rings is 1. The highest BCUT2D eigenvalue weighted by atomic mass is 127. The molecular formula is C7H2BrF4IO. The minimum absolute atomic E-state index is 0.0480. The third kappa shape index (κ3) is 3.26. The lowest BCUT2D eigenvalue weighted by molar-refractivity contribution is -0.275. The summed E-state index contributed by atoms with van der Waals surface area (Å²) in [5, 5.41) is 0. The average molecular weight is 385 g/mol. The van der Waals surface area contributed by atoms with Crippen molar-refractivity contribution in [2.75, 3.05) is 0 Å². The molecule has 1 aromatic carbocycles. The maximum absolute atomic E-state index is 13.0. The van der Waals surface area contributed by atoms with Crippen LogP contribution < -0.4 is 4.74 Å². The van der Waals surface area contributed by atoms with Crippen LogP contribution in [0.5, 0.6) is 5.75 Å². The van der Waals surface area contributed by atoms with Gasteiger partial charge in [-0.25, -0.2) is 4.39 Å². The second-order valence-electron chi connectivity index (χ2n) is 2.25. The molecule has 0 aliphatic rings. The molecule has 0 amide bonds. The predicted molar refractivity (Wildman–Crippen MR) is 53.5 cm³/mol. The fraction of sp³-hybridized carbons (Fsp3) is 0.143. The van der Waals surface area contributed by atoms with Crippen LogP contribution >= 0.6 is 38.5 Å². The van der Waals surface area contributed by atoms with E-state index in [0.29, 0.717) is 4.47 Å². The molecule has 0 saturated carbocycles. The number of alkyl halides is 3. The van der Waals surface area contributed by atoms with E-state index in [2.05, 4.69) is 20.7 Å². The summed E-state index contributed by atoms with van der Waals surface area (Å²) >= 11 is 4.50. The molecule has 7 heteroatoms. The Morgan fingerprint density at radius 2 is 1.86 bits per heavy atom. The lowest BCUT2D eigenvalue weighted by atomic mass is 10.3. The lowest BCUT2D eigenvalue weighted by Crippen LogP contribution is -2.18. The zero-order valence-electron chi connectivity index (χ0n) is 6.33. The zero-order valence-corrected chi connectivity index (χ0v) is 10.1. The predicted octanol–water partition coefficient (Wildman–Crippen LogP) is 4.09. The number of hydrogen-bond donors (Lipinski definition) is 0. The standard InChI is InChI=1S/C7H2BrF4IO/c8-3-1-4(9)6(5(13)2-3)14-7(10,11)12/h1-2H. The Labute approximate surface area is 98.7 Å². The van der Waals surface area contributed by atoms with Crippen molar-refractivity contribution in [1.29, 1.82) is 0 Å². The average Bonchev–Trinajstić information content (AvgIpc) is 1.95. The van der Waals surface area contributed by atoms with Crippen molar-refractivity contribution in [3.63, 3.8) is 0 Å². The van der Waals surface area contributed by atoms with Crippen LogP contribution in [-0.4, -0.2) is 6.36 Å². The van der Waals surface area contributed by atoms with Gasteiger partial charge in [0, 0.05) is 4.47 Å². The van der Waals surface area contributed by atoms with Crippen LogP contribution in [-0.2, 0) is 0 Å². The summed E-state index contributed by atoms with van der Waals surface area (Å²) < 4.78 is 52.3. The minimum atomic E-state index is -4.88. The third-order valence-electron chi connectivity index (χ3n) is 1.18. The number of hydrogen-bond acceptors (Lipinski definition) is 1. The maximum Gasteiger partial charge on any atom is 0.573 e. The third-order valence-corrected chi connectivity index (χ3v) is 2.44. The molecule has 0 heterocycles. The zero-order chi connectivity index (χ0) is 10.9. The molecule has 1 aromatic rings. The van der Waals surface area contributed by atoms with Gasteiger partial charge in [-0.2, -0.15) is 0 Å². The molecule has 0 saturated heterocycles. The van der Waals surface area contributed by atoms with Crippen molar-refractivity contribution in [2.45, 2.75) is 6.36 Å². The topological polar surface area (TPSA) is 9.23 Å². The number of halogens is 6. The van der Waals surface area contributed by atoms with Crippen molar-refractivity contribution in [3.05, 3.63) is 26.0 Å². The molecule has 0 spiro atoms. The Bertz CT molecular complexity index is 329. The summed E-state index contributed by atoms with van der Waals surface area (Å²) in [6, 6.07) is 2.23. The van der Waals surface area contributed by atoms with Gasteiger partial charge in [0.05, 0.1) is 3.57 Å². The van der Waals surface area contributed by atoms with Crippen molar-refractivity contribution >= 4 is 38.5 Å². The van der Waals surface area contributed by atoms with Gasteiger partial charge in [-0.1, -0.05) is 15.9 Å². The highest BCUT2D eigenvalue weighted by Crippen LogP contribution is 2.32. The minimum Gasteiger partial charge on any atom is -0.402 e. The lowest BCUT2D eigenvalue weighted by Gasteiger charge is -2.11. The molecule has 0 aromatic heterocycles. The Morgan fingerprint density at radius 3 is 2.29 bits per heavy atom. The summed E-state index contributed by atoms with van der Waals surface area (Å²) in [5.74, 6) is -1.86. The summed E-state index contributed by atoms with van der Waals surface area (Å²) in [4.78, 5) is 0. The smallest absolute Gasteiger partial charge is 0.402 e. The molecule has 0 fully saturated rings. The van der Waals surface area contributed by atoms with Crippen LogP contribution in [0.1, 0.15) is 0 Å². The van der Waals surface area contributed by atoms with E-state index in [9.17, 15) is 17.6 Å². The molecule has 0 aliphatic heterocycles. The highest BCUT2D eigenvalue weighted by molar-refractivity contribution is 14.1. The molecular weight excluding hydrogens is 383 g/mol. The molecule has 0 unspecified atom stereocenters. The van der Waals surface area contributed by atoms with Gasteiger partial charge in [0.1, 0.15) is 0 Å². The van der Waals surface area contributed by atoms with Gasteiger partial charge < -0.3 is 4.74 Å². The number of rotatable bonds is 1. The van der Waals surface area contributed by atoms with E-state index in [0.717, 1.165) is 6.07 Å². The van der Waals surface area contributed by atoms with Gasteiger partial charge in [-0.05, 0) is 34.7 Å². The maximum atomic E-state index is 13.0. The quantitative estimate of drug-likeness (QED) is 0.523. The van der Waals surface area contributed by atoms with E-state index >= 15 is 0 Å². The molecule has 1 rings (SSSR count). The van der Waals surface area contributed by atoms with E-state index in [-0.39, 0.29) is 3.57 Å². The first-order chi connectivity index (χ1) is 6.29. The molecule has 78 valence electrons. The van der Waals surface area contributed by atoms with Crippen LogP contribution in [0.25, 0.3) is 0 Å². The first-order valence-corrected chi connectivity index (χ1v) is 5.07. The first-order valence-electron chi connectivity index (χ1n) is 3.20. The summed E-state index contributed by atoms with van der Waals surface area (Å²) in [6.45, 7) is 0. The first kappa shape index (κ1) is 12.0. The van der Waals surface area contributed by atoms with Gasteiger partial charge in [0.25, 0.3) is 0 Å². The second kappa shape index (κ2) is 4.21. The molecule has 0 aliphatic carbocycles. The largest absolute Gasteiger partial charge is 0.573 e. The van der Waals surface area contributed by atoms with Crippen LogP contribution in [0, 0.1) is 9.39 Å². The molecule has 0 radical (unpaired) electrons.